The van der Waals surface area contributed by atoms with Crippen molar-refractivity contribution in [1.82, 2.24) is 4.90 Å². The van der Waals surface area contributed by atoms with Crippen LogP contribution in [0.15, 0.2) is 0 Å². The zero-order valence-electron chi connectivity index (χ0n) is 8.71. The zero-order valence-corrected chi connectivity index (χ0v) is 10.3. The quantitative estimate of drug-likeness (QED) is 0.548. The van der Waals surface area contributed by atoms with Crippen LogP contribution in [0.2, 0.25) is 0 Å². The normalized spacial score (nSPS) is 13.5. The summed E-state index contributed by atoms with van der Waals surface area (Å²) in [4.78, 5) is 12.9. The van der Waals surface area contributed by atoms with Crippen molar-refractivity contribution in [3.63, 3.8) is 0 Å². The molecular formula is C9H18BrNO2. The minimum absolute atomic E-state index is 0.212. The molecule has 0 aromatic heterocycles. The van der Waals surface area contributed by atoms with E-state index in [1.807, 2.05) is 7.05 Å². The number of hydrogen-bond acceptors (Lipinski definition) is 3. The molecule has 0 aliphatic heterocycles. The van der Waals surface area contributed by atoms with Crippen LogP contribution in [0.1, 0.15) is 13.8 Å². The first-order valence-corrected chi connectivity index (χ1v) is 5.29. The highest BCUT2D eigenvalue weighted by Crippen LogP contribution is 2.05. The second-order valence-electron chi connectivity index (χ2n) is 3.61. The molecule has 0 heterocycles. The average molecular weight is 252 g/mol. The monoisotopic (exact) mass is 251 g/mol. The first-order chi connectivity index (χ1) is 5.97. The maximum Gasteiger partial charge on any atom is 0.320 e. The fourth-order valence-electron chi connectivity index (χ4n) is 1.17. The van der Waals surface area contributed by atoms with E-state index in [0.29, 0.717) is 12.5 Å². The lowest BCUT2D eigenvalue weighted by Crippen LogP contribution is -2.33. The Kier molecular flexibility index (Phi) is 6.33. The number of methoxy groups -OCH3 is 1. The molecule has 0 fully saturated rings. The molecule has 1 unspecified atom stereocenters. The predicted octanol–water partition coefficient (Wildman–Crippen LogP) is 1.51. The molecular weight excluding hydrogens is 234 g/mol. The number of ether oxygens (including phenoxy) is 1. The summed E-state index contributed by atoms with van der Waals surface area (Å²) in [6, 6.07) is 0. The van der Waals surface area contributed by atoms with Crippen LogP contribution < -0.4 is 0 Å². The third kappa shape index (κ3) is 6.05. The molecule has 0 spiro atoms. The van der Waals surface area contributed by atoms with Crippen LogP contribution in [0.25, 0.3) is 0 Å². The van der Waals surface area contributed by atoms with E-state index in [2.05, 4.69) is 39.4 Å². The van der Waals surface area contributed by atoms with Crippen molar-refractivity contribution < 1.29 is 9.53 Å². The zero-order chi connectivity index (χ0) is 10.4. The first kappa shape index (κ1) is 12.9. The van der Waals surface area contributed by atoms with Crippen molar-refractivity contribution >= 4 is 21.9 Å². The summed E-state index contributed by atoms with van der Waals surface area (Å²) >= 11 is 3.28. The predicted molar refractivity (Wildman–Crippen MR) is 57.1 cm³/mol. The third-order valence-electron chi connectivity index (χ3n) is 1.61. The van der Waals surface area contributed by atoms with Gasteiger partial charge in [-0.1, -0.05) is 29.8 Å². The number of esters is 1. The van der Waals surface area contributed by atoms with Crippen LogP contribution in [-0.4, -0.2) is 42.9 Å². The highest BCUT2D eigenvalue weighted by atomic mass is 79.9. The number of rotatable bonds is 5. The Hall–Kier alpha value is -0.0900. The molecule has 13 heavy (non-hydrogen) atoms. The smallest absolute Gasteiger partial charge is 0.320 e. The Labute approximate surface area is 88.6 Å². The van der Waals surface area contributed by atoms with E-state index < -0.39 is 0 Å². The van der Waals surface area contributed by atoms with Gasteiger partial charge in [-0.15, -0.1) is 0 Å². The minimum Gasteiger partial charge on any atom is -0.468 e. The lowest BCUT2D eigenvalue weighted by molar-refractivity contribution is -0.140. The Bertz CT molecular complexity index is 162. The molecule has 78 valence electrons. The Morgan fingerprint density at radius 2 is 2.00 bits per heavy atom. The van der Waals surface area contributed by atoms with Crippen molar-refractivity contribution in [3.8, 4) is 0 Å². The maximum atomic E-state index is 11.0. The van der Waals surface area contributed by atoms with Gasteiger partial charge in [0.25, 0.3) is 0 Å². The number of carbonyl (C=O) groups excluding carboxylic acids is 1. The van der Waals surface area contributed by atoms with Crippen LogP contribution in [0.3, 0.4) is 0 Å². The molecule has 0 bridgehead atoms. The summed E-state index contributed by atoms with van der Waals surface area (Å²) in [5.41, 5.74) is 0. The van der Waals surface area contributed by atoms with Gasteiger partial charge in [0, 0.05) is 13.1 Å². The Morgan fingerprint density at radius 1 is 1.46 bits per heavy atom. The van der Waals surface area contributed by atoms with E-state index in [0.717, 1.165) is 6.54 Å². The van der Waals surface area contributed by atoms with Crippen molar-refractivity contribution in [3.05, 3.63) is 0 Å². The average Bonchev–Trinajstić information content (AvgIpc) is 2.01. The van der Waals surface area contributed by atoms with Crippen molar-refractivity contribution in [1.29, 1.82) is 0 Å². The standard InChI is InChI=1S/C9H18BrNO2/c1-7(2)5-11(3)6-8(10)9(12)13-4/h7-8H,5-6H2,1-4H3. The van der Waals surface area contributed by atoms with Gasteiger partial charge in [-0.3, -0.25) is 4.79 Å². The second kappa shape index (κ2) is 6.38. The van der Waals surface area contributed by atoms with E-state index in [9.17, 15) is 4.79 Å². The molecule has 4 heteroatoms. The molecule has 0 aliphatic rings. The van der Waals surface area contributed by atoms with Gasteiger partial charge in [0.05, 0.1) is 7.11 Å². The molecule has 0 aromatic carbocycles. The van der Waals surface area contributed by atoms with E-state index in [1.54, 1.807) is 0 Å². The molecule has 0 rings (SSSR count). The van der Waals surface area contributed by atoms with Gasteiger partial charge >= 0.3 is 5.97 Å². The van der Waals surface area contributed by atoms with Crippen LogP contribution in [0.5, 0.6) is 0 Å². The van der Waals surface area contributed by atoms with Crippen LogP contribution in [0.4, 0.5) is 0 Å². The summed E-state index contributed by atoms with van der Waals surface area (Å²) in [6.07, 6.45) is 0. The highest BCUT2D eigenvalue weighted by Gasteiger charge is 2.17. The number of hydrogen-bond donors (Lipinski definition) is 0. The van der Waals surface area contributed by atoms with Crippen LogP contribution >= 0.6 is 15.9 Å². The second-order valence-corrected chi connectivity index (χ2v) is 4.71. The molecule has 0 N–H and O–H groups in total. The van der Waals surface area contributed by atoms with E-state index >= 15 is 0 Å². The molecule has 0 aromatic rings. The fraction of sp³-hybridized carbons (Fsp3) is 0.889. The summed E-state index contributed by atoms with van der Waals surface area (Å²) in [7, 11) is 3.40. The number of alkyl halides is 1. The van der Waals surface area contributed by atoms with E-state index in [4.69, 9.17) is 0 Å². The highest BCUT2D eigenvalue weighted by molar-refractivity contribution is 9.10. The molecule has 0 saturated carbocycles. The van der Waals surface area contributed by atoms with Gasteiger partial charge in [-0.05, 0) is 13.0 Å². The summed E-state index contributed by atoms with van der Waals surface area (Å²) in [6.45, 7) is 5.97. The summed E-state index contributed by atoms with van der Waals surface area (Å²) in [5, 5.41) is 0. The van der Waals surface area contributed by atoms with Crippen molar-refractivity contribution in [2.24, 2.45) is 5.92 Å². The summed E-state index contributed by atoms with van der Waals surface area (Å²) in [5.74, 6) is 0.401. The third-order valence-corrected chi connectivity index (χ3v) is 2.27. The number of carbonyl (C=O) groups is 1. The molecule has 0 aliphatic carbocycles. The van der Waals surface area contributed by atoms with Crippen LogP contribution in [-0.2, 0) is 9.53 Å². The number of halogens is 1. The van der Waals surface area contributed by atoms with E-state index in [-0.39, 0.29) is 10.8 Å². The molecule has 1 atom stereocenters. The first-order valence-electron chi connectivity index (χ1n) is 4.37. The molecule has 0 radical (unpaired) electrons. The van der Waals surface area contributed by atoms with Gasteiger partial charge in [-0.25, -0.2) is 0 Å². The minimum atomic E-state index is -0.221. The molecule has 0 saturated heterocycles. The fourth-order valence-corrected chi connectivity index (χ4v) is 1.86. The van der Waals surface area contributed by atoms with E-state index in [1.165, 1.54) is 7.11 Å². The lowest BCUT2D eigenvalue weighted by Gasteiger charge is -2.20. The topological polar surface area (TPSA) is 29.5 Å². The van der Waals surface area contributed by atoms with Gasteiger partial charge < -0.3 is 9.64 Å². The maximum absolute atomic E-state index is 11.0. The Balaban J connectivity index is 3.77. The number of nitrogens with zero attached hydrogens (tertiary/aromatic N) is 1. The van der Waals surface area contributed by atoms with Gasteiger partial charge in [0.1, 0.15) is 4.83 Å². The van der Waals surface area contributed by atoms with Gasteiger partial charge in [-0.2, -0.15) is 0 Å². The molecule has 0 amide bonds. The SMILES string of the molecule is COC(=O)C(Br)CN(C)CC(C)C. The van der Waals surface area contributed by atoms with Crippen molar-refractivity contribution in [2.45, 2.75) is 18.7 Å². The van der Waals surface area contributed by atoms with Gasteiger partial charge in [0.2, 0.25) is 0 Å². The Morgan fingerprint density at radius 3 is 2.38 bits per heavy atom. The van der Waals surface area contributed by atoms with Gasteiger partial charge in [0.15, 0.2) is 0 Å². The van der Waals surface area contributed by atoms with Crippen molar-refractivity contribution in [2.75, 3.05) is 27.2 Å². The molecule has 3 nitrogen and oxygen atoms in total. The summed E-state index contributed by atoms with van der Waals surface area (Å²) < 4.78 is 4.61. The largest absolute Gasteiger partial charge is 0.468 e. The van der Waals surface area contributed by atoms with Crippen LogP contribution in [0, 0.1) is 5.92 Å². The lowest BCUT2D eigenvalue weighted by atomic mass is 10.2.